The van der Waals surface area contributed by atoms with Crippen LogP contribution in [-0.4, -0.2) is 15.8 Å². The first kappa shape index (κ1) is 14.1. The van der Waals surface area contributed by atoms with Crippen LogP contribution >= 0.6 is 0 Å². The Bertz CT molecular complexity index is 639. The molecule has 1 fully saturated rings. The van der Waals surface area contributed by atoms with Gasteiger partial charge in [0.1, 0.15) is 11.5 Å². The second-order valence-corrected chi connectivity index (χ2v) is 5.71. The van der Waals surface area contributed by atoms with E-state index in [0.717, 1.165) is 43.7 Å². The van der Waals surface area contributed by atoms with Gasteiger partial charge in [0.2, 0.25) is 0 Å². The van der Waals surface area contributed by atoms with Gasteiger partial charge in [0.05, 0.1) is 12.6 Å². The summed E-state index contributed by atoms with van der Waals surface area (Å²) >= 11 is 0. The van der Waals surface area contributed by atoms with Crippen molar-refractivity contribution in [1.82, 2.24) is 15.1 Å². The summed E-state index contributed by atoms with van der Waals surface area (Å²) in [5, 5.41) is 7.73. The number of rotatable bonds is 4. The number of hydrogen-bond donors (Lipinski definition) is 1. The fraction of sp³-hybridized carbons (Fsp3) is 0.500. The molecule has 0 atom stereocenters. The minimum atomic E-state index is -0.0000278. The zero-order valence-electron chi connectivity index (χ0n) is 12.3. The van der Waals surface area contributed by atoms with Gasteiger partial charge in [-0.2, -0.15) is 5.10 Å². The van der Waals surface area contributed by atoms with Crippen LogP contribution < -0.4 is 10.9 Å². The van der Waals surface area contributed by atoms with E-state index in [0.29, 0.717) is 6.04 Å². The van der Waals surface area contributed by atoms with E-state index in [1.165, 1.54) is 0 Å². The second-order valence-electron chi connectivity index (χ2n) is 5.71. The fourth-order valence-electron chi connectivity index (χ4n) is 2.99. The van der Waals surface area contributed by atoms with Crippen molar-refractivity contribution >= 4 is 0 Å². The van der Waals surface area contributed by atoms with Crippen molar-refractivity contribution in [1.29, 1.82) is 0 Å². The summed E-state index contributed by atoms with van der Waals surface area (Å²) in [5.74, 6) is 1.93. The molecule has 112 valence electrons. The molecule has 1 N–H and O–H groups in total. The molecule has 1 aliphatic rings. The van der Waals surface area contributed by atoms with Crippen LogP contribution in [0.2, 0.25) is 0 Å². The Labute approximate surface area is 124 Å². The van der Waals surface area contributed by atoms with Crippen LogP contribution in [-0.2, 0) is 6.54 Å². The largest absolute Gasteiger partial charge is 0.465 e. The van der Waals surface area contributed by atoms with Crippen LogP contribution in [0.1, 0.15) is 43.2 Å². The highest BCUT2D eigenvalue weighted by Crippen LogP contribution is 2.27. The van der Waals surface area contributed by atoms with E-state index in [9.17, 15) is 4.79 Å². The predicted molar refractivity (Wildman–Crippen MR) is 80.1 cm³/mol. The van der Waals surface area contributed by atoms with Crippen LogP contribution in [0.5, 0.6) is 0 Å². The summed E-state index contributed by atoms with van der Waals surface area (Å²) in [4.78, 5) is 11.8. The second kappa shape index (κ2) is 6.26. The Hall–Kier alpha value is -1.88. The van der Waals surface area contributed by atoms with Gasteiger partial charge < -0.3 is 9.73 Å². The maximum Gasteiger partial charge on any atom is 0.266 e. The molecule has 0 bridgehead atoms. The van der Waals surface area contributed by atoms with Crippen molar-refractivity contribution in [3.8, 4) is 0 Å². The number of furan rings is 1. The van der Waals surface area contributed by atoms with Crippen LogP contribution in [0.4, 0.5) is 0 Å². The summed E-state index contributed by atoms with van der Waals surface area (Å²) in [6.45, 7) is 2.73. The van der Waals surface area contributed by atoms with E-state index in [-0.39, 0.29) is 11.6 Å². The summed E-state index contributed by atoms with van der Waals surface area (Å²) in [6, 6.07) is 8.00. The molecule has 0 saturated heterocycles. The minimum Gasteiger partial charge on any atom is -0.465 e. The zero-order valence-corrected chi connectivity index (χ0v) is 12.3. The minimum absolute atomic E-state index is 0.0000278. The Balaban J connectivity index is 1.51. The van der Waals surface area contributed by atoms with Gasteiger partial charge >= 0.3 is 0 Å². The first-order valence-corrected chi connectivity index (χ1v) is 7.55. The molecule has 5 nitrogen and oxygen atoms in total. The molecule has 0 spiro atoms. The van der Waals surface area contributed by atoms with Crippen LogP contribution in [0.15, 0.2) is 39.7 Å². The van der Waals surface area contributed by atoms with E-state index in [4.69, 9.17) is 4.42 Å². The Morgan fingerprint density at radius 2 is 2.10 bits per heavy atom. The van der Waals surface area contributed by atoms with Gasteiger partial charge in [-0.3, -0.25) is 4.79 Å². The first-order chi connectivity index (χ1) is 10.2. The summed E-state index contributed by atoms with van der Waals surface area (Å²) in [5.41, 5.74) is -0.0000278. The van der Waals surface area contributed by atoms with Gasteiger partial charge in [-0.05, 0) is 50.8 Å². The van der Waals surface area contributed by atoms with E-state index in [2.05, 4.69) is 10.4 Å². The highest BCUT2D eigenvalue weighted by Gasteiger charge is 2.23. The molecule has 5 heteroatoms. The van der Waals surface area contributed by atoms with Gasteiger partial charge in [0.25, 0.3) is 5.56 Å². The maximum absolute atomic E-state index is 11.8. The third-order valence-electron chi connectivity index (χ3n) is 4.15. The number of hydrogen-bond acceptors (Lipinski definition) is 4. The van der Waals surface area contributed by atoms with E-state index in [1.54, 1.807) is 23.0 Å². The zero-order chi connectivity index (χ0) is 14.7. The lowest BCUT2D eigenvalue weighted by atomic mass is 9.91. The maximum atomic E-state index is 11.8. The molecule has 0 aliphatic heterocycles. The fourth-order valence-corrected chi connectivity index (χ4v) is 2.99. The average Bonchev–Trinajstić information content (AvgIpc) is 2.92. The van der Waals surface area contributed by atoms with Crippen molar-refractivity contribution < 1.29 is 4.42 Å². The SMILES string of the molecule is Cc1ccc(CNC2CCC(n3ncccc3=O)CC2)o1. The summed E-state index contributed by atoms with van der Waals surface area (Å²) in [7, 11) is 0. The predicted octanol–water partition coefficient (Wildman–Crippen LogP) is 2.42. The quantitative estimate of drug-likeness (QED) is 0.938. The molecule has 0 amide bonds. The molecule has 3 rings (SSSR count). The lowest BCUT2D eigenvalue weighted by Gasteiger charge is -2.29. The third-order valence-corrected chi connectivity index (χ3v) is 4.15. The third kappa shape index (κ3) is 3.42. The molecule has 1 aliphatic carbocycles. The van der Waals surface area contributed by atoms with Gasteiger partial charge in [0, 0.05) is 18.3 Å². The van der Waals surface area contributed by atoms with Crippen molar-refractivity contribution in [3.63, 3.8) is 0 Å². The van der Waals surface area contributed by atoms with Crippen LogP contribution in [0.3, 0.4) is 0 Å². The number of nitrogens with zero attached hydrogens (tertiary/aromatic N) is 2. The molecular formula is C16H21N3O2. The highest BCUT2D eigenvalue weighted by molar-refractivity contribution is 5.05. The lowest BCUT2D eigenvalue weighted by Crippen LogP contribution is -2.36. The van der Waals surface area contributed by atoms with Crippen LogP contribution in [0.25, 0.3) is 0 Å². The van der Waals surface area contributed by atoms with Crippen LogP contribution in [0, 0.1) is 6.92 Å². The van der Waals surface area contributed by atoms with E-state index in [1.807, 2.05) is 19.1 Å². The molecule has 21 heavy (non-hydrogen) atoms. The van der Waals surface area contributed by atoms with Crippen molar-refractivity contribution in [2.75, 3.05) is 0 Å². The smallest absolute Gasteiger partial charge is 0.266 e. The molecule has 1 saturated carbocycles. The average molecular weight is 287 g/mol. The highest BCUT2D eigenvalue weighted by atomic mass is 16.3. The molecule has 0 aromatic carbocycles. The van der Waals surface area contributed by atoms with Gasteiger partial charge in [-0.25, -0.2) is 4.68 Å². The molecule has 2 aromatic heterocycles. The topological polar surface area (TPSA) is 60.1 Å². The molecule has 0 radical (unpaired) electrons. The van der Waals surface area contributed by atoms with E-state index < -0.39 is 0 Å². The van der Waals surface area contributed by atoms with Crippen molar-refractivity contribution in [2.24, 2.45) is 0 Å². The van der Waals surface area contributed by atoms with Crippen molar-refractivity contribution in [3.05, 3.63) is 52.3 Å². The summed E-state index contributed by atoms with van der Waals surface area (Å²) in [6.07, 6.45) is 5.79. The van der Waals surface area contributed by atoms with Gasteiger partial charge in [-0.1, -0.05) is 0 Å². The number of aryl methyl sites for hydroxylation is 1. The normalized spacial score (nSPS) is 22.3. The monoisotopic (exact) mass is 287 g/mol. The molecule has 0 unspecified atom stereocenters. The first-order valence-electron chi connectivity index (χ1n) is 7.55. The Morgan fingerprint density at radius 3 is 2.76 bits per heavy atom. The molecular weight excluding hydrogens is 266 g/mol. The summed E-state index contributed by atoms with van der Waals surface area (Å²) < 4.78 is 7.19. The molecule has 2 heterocycles. The Morgan fingerprint density at radius 1 is 1.29 bits per heavy atom. The number of nitrogens with one attached hydrogen (secondary N) is 1. The van der Waals surface area contributed by atoms with Gasteiger partial charge in [0.15, 0.2) is 0 Å². The lowest BCUT2D eigenvalue weighted by molar-refractivity contribution is 0.264. The van der Waals surface area contributed by atoms with Crippen molar-refractivity contribution in [2.45, 2.75) is 51.2 Å². The molecule has 2 aromatic rings. The van der Waals surface area contributed by atoms with E-state index >= 15 is 0 Å². The Kier molecular flexibility index (Phi) is 4.20. The van der Waals surface area contributed by atoms with Gasteiger partial charge in [-0.15, -0.1) is 0 Å². The standard InChI is InChI=1S/C16H21N3O2/c1-12-4-9-15(21-12)11-17-13-5-7-14(8-6-13)19-16(20)3-2-10-18-19/h2-4,9-10,13-14,17H,5-8,11H2,1H3. The number of aromatic nitrogens is 2.